The Hall–Kier alpha value is -0.510. The van der Waals surface area contributed by atoms with Crippen LogP contribution in [0.15, 0.2) is 24.3 Å². The quantitative estimate of drug-likeness (QED) is 0.846. The van der Waals surface area contributed by atoms with Crippen molar-refractivity contribution in [3.05, 3.63) is 30.1 Å². The maximum Gasteiger partial charge on any atom is 0.146 e. The monoisotopic (exact) mass is 306 g/mol. The van der Waals surface area contributed by atoms with Gasteiger partial charge in [0.05, 0.1) is 5.69 Å². The van der Waals surface area contributed by atoms with Crippen LogP contribution in [0.3, 0.4) is 0 Å². The van der Waals surface area contributed by atoms with Crippen LogP contribution < -0.4 is 4.90 Å². The molecule has 2 aliphatic rings. The van der Waals surface area contributed by atoms with Gasteiger partial charge in [-0.3, -0.25) is 4.90 Å². The maximum absolute atomic E-state index is 13.6. The predicted molar refractivity (Wildman–Crippen MR) is 82.3 cm³/mol. The summed E-state index contributed by atoms with van der Waals surface area (Å²) in [5, 5.41) is 0. The van der Waals surface area contributed by atoms with Crippen LogP contribution in [0, 0.1) is 11.7 Å². The van der Waals surface area contributed by atoms with Crippen LogP contribution >= 0.6 is 24.8 Å². The molecule has 0 aromatic heterocycles. The van der Waals surface area contributed by atoms with Crippen LogP contribution in [0.4, 0.5) is 10.1 Å². The predicted octanol–water partition coefficient (Wildman–Crippen LogP) is 3.20. The minimum atomic E-state index is -0.0943. The Morgan fingerprint density at radius 2 is 1.63 bits per heavy atom. The van der Waals surface area contributed by atoms with Gasteiger partial charge in [-0.15, -0.1) is 24.8 Å². The van der Waals surface area contributed by atoms with Crippen molar-refractivity contribution in [2.24, 2.45) is 5.92 Å². The van der Waals surface area contributed by atoms with Crippen molar-refractivity contribution in [3.8, 4) is 0 Å². The van der Waals surface area contributed by atoms with Crippen molar-refractivity contribution in [1.29, 1.82) is 0 Å². The van der Waals surface area contributed by atoms with Gasteiger partial charge in [0.25, 0.3) is 0 Å². The van der Waals surface area contributed by atoms with Crippen LogP contribution in [0.25, 0.3) is 0 Å². The third-order valence-electron chi connectivity index (χ3n) is 3.78. The van der Waals surface area contributed by atoms with Crippen LogP contribution in [0.1, 0.15) is 12.8 Å². The highest BCUT2D eigenvalue weighted by Crippen LogP contribution is 2.30. The zero-order valence-electron chi connectivity index (χ0n) is 10.9. The van der Waals surface area contributed by atoms with Crippen molar-refractivity contribution in [2.45, 2.75) is 12.8 Å². The molecule has 19 heavy (non-hydrogen) atoms. The summed E-state index contributed by atoms with van der Waals surface area (Å²) in [5.41, 5.74) is 0.763. The number of para-hydroxylation sites is 1. The summed E-state index contributed by atoms with van der Waals surface area (Å²) in [6, 6.07) is 7.09. The maximum atomic E-state index is 13.6. The van der Waals surface area contributed by atoms with Gasteiger partial charge in [-0.05, 0) is 30.9 Å². The molecule has 1 saturated carbocycles. The molecule has 1 saturated heterocycles. The largest absolute Gasteiger partial charge is 0.367 e. The summed E-state index contributed by atoms with van der Waals surface area (Å²) >= 11 is 0. The first kappa shape index (κ1) is 16.5. The average molecular weight is 307 g/mol. The number of benzene rings is 1. The highest BCUT2D eigenvalue weighted by Gasteiger charge is 2.26. The molecule has 1 heterocycles. The average Bonchev–Trinajstić information content (AvgIpc) is 3.15. The summed E-state index contributed by atoms with van der Waals surface area (Å²) in [5.74, 6) is 0.859. The van der Waals surface area contributed by atoms with E-state index in [2.05, 4.69) is 9.80 Å². The number of halogens is 3. The van der Waals surface area contributed by atoms with Gasteiger partial charge < -0.3 is 4.90 Å². The van der Waals surface area contributed by atoms with Gasteiger partial charge in [-0.2, -0.15) is 0 Å². The SMILES string of the molecule is Cl.Cl.Fc1ccccc1N1CCN(CC2CC2)CC1. The van der Waals surface area contributed by atoms with E-state index >= 15 is 0 Å². The highest BCUT2D eigenvalue weighted by atomic mass is 35.5. The molecule has 0 N–H and O–H groups in total. The van der Waals surface area contributed by atoms with Crippen molar-refractivity contribution >= 4 is 30.5 Å². The minimum absolute atomic E-state index is 0. The molecule has 2 fully saturated rings. The molecule has 0 amide bonds. The molecule has 0 atom stereocenters. The van der Waals surface area contributed by atoms with Crippen molar-refractivity contribution < 1.29 is 4.39 Å². The number of anilines is 1. The standard InChI is InChI=1S/C14H19FN2.2ClH/c15-13-3-1-2-4-14(13)17-9-7-16(8-10-17)11-12-5-6-12;;/h1-4,12H,5-11H2;2*1H. The van der Waals surface area contributed by atoms with Crippen molar-refractivity contribution in [2.75, 3.05) is 37.6 Å². The van der Waals surface area contributed by atoms with Gasteiger partial charge in [0.2, 0.25) is 0 Å². The lowest BCUT2D eigenvalue weighted by molar-refractivity contribution is 0.247. The van der Waals surface area contributed by atoms with Crippen molar-refractivity contribution in [3.63, 3.8) is 0 Å². The zero-order valence-corrected chi connectivity index (χ0v) is 12.6. The molecule has 1 aromatic rings. The van der Waals surface area contributed by atoms with E-state index in [1.807, 2.05) is 12.1 Å². The van der Waals surface area contributed by atoms with Gasteiger partial charge in [0, 0.05) is 32.7 Å². The Bertz CT molecular complexity index is 391. The molecule has 5 heteroatoms. The summed E-state index contributed by atoms with van der Waals surface area (Å²) in [4.78, 5) is 4.69. The Balaban J connectivity index is 0.000000902. The summed E-state index contributed by atoms with van der Waals surface area (Å²) in [7, 11) is 0. The van der Waals surface area contributed by atoms with Crippen LogP contribution in [-0.2, 0) is 0 Å². The third kappa shape index (κ3) is 4.23. The molecule has 108 valence electrons. The summed E-state index contributed by atoms with van der Waals surface area (Å²) in [6.45, 7) is 5.31. The number of hydrogen-bond acceptors (Lipinski definition) is 2. The second kappa shape index (κ2) is 7.32. The van der Waals surface area contributed by atoms with E-state index in [0.717, 1.165) is 37.8 Å². The van der Waals surface area contributed by atoms with E-state index in [9.17, 15) is 4.39 Å². The topological polar surface area (TPSA) is 6.48 Å². The molecule has 0 spiro atoms. The molecule has 0 unspecified atom stereocenters. The lowest BCUT2D eigenvalue weighted by Crippen LogP contribution is -2.47. The fourth-order valence-corrected chi connectivity index (χ4v) is 2.55. The van der Waals surface area contributed by atoms with Gasteiger partial charge in [-0.25, -0.2) is 4.39 Å². The fourth-order valence-electron chi connectivity index (χ4n) is 2.55. The zero-order chi connectivity index (χ0) is 11.7. The first-order chi connectivity index (χ1) is 8.33. The molecule has 1 aromatic carbocycles. The van der Waals surface area contributed by atoms with E-state index in [-0.39, 0.29) is 30.6 Å². The molecule has 1 aliphatic carbocycles. The lowest BCUT2D eigenvalue weighted by atomic mass is 10.2. The van der Waals surface area contributed by atoms with E-state index < -0.39 is 0 Å². The second-order valence-electron chi connectivity index (χ2n) is 5.18. The Morgan fingerprint density at radius 3 is 2.21 bits per heavy atom. The van der Waals surface area contributed by atoms with Gasteiger partial charge in [-0.1, -0.05) is 12.1 Å². The molecule has 2 nitrogen and oxygen atoms in total. The van der Waals surface area contributed by atoms with E-state index in [4.69, 9.17) is 0 Å². The summed E-state index contributed by atoms with van der Waals surface area (Å²) < 4.78 is 13.6. The molecular formula is C14H21Cl2FN2. The molecule has 3 rings (SSSR count). The normalized spacial score (nSPS) is 19.5. The third-order valence-corrected chi connectivity index (χ3v) is 3.78. The fraction of sp³-hybridized carbons (Fsp3) is 0.571. The molecular weight excluding hydrogens is 286 g/mol. The second-order valence-corrected chi connectivity index (χ2v) is 5.18. The van der Waals surface area contributed by atoms with Crippen LogP contribution in [0.5, 0.6) is 0 Å². The summed E-state index contributed by atoms with van der Waals surface area (Å²) in [6.07, 6.45) is 2.82. The smallest absolute Gasteiger partial charge is 0.146 e. The highest BCUT2D eigenvalue weighted by molar-refractivity contribution is 5.85. The Labute approximate surface area is 126 Å². The number of piperazine rings is 1. The van der Waals surface area contributed by atoms with E-state index in [1.165, 1.54) is 19.4 Å². The first-order valence-corrected chi connectivity index (χ1v) is 6.55. The first-order valence-electron chi connectivity index (χ1n) is 6.55. The van der Waals surface area contributed by atoms with Gasteiger partial charge in [0.15, 0.2) is 0 Å². The van der Waals surface area contributed by atoms with Crippen LogP contribution in [-0.4, -0.2) is 37.6 Å². The van der Waals surface area contributed by atoms with E-state index in [0.29, 0.717) is 0 Å². The Morgan fingerprint density at radius 1 is 1.00 bits per heavy atom. The van der Waals surface area contributed by atoms with Gasteiger partial charge >= 0.3 is 0 Å². The number of hydrogen-bond donors (Lipinski definition) is 0. The van der Waals surface area contributed by atoms with Gasteiger partial charge in [0.1, 0.15) is 5.82 Å². The molecule has 0 radical (unpaired) electrons. The van der Waals surface area contributed by atoms with Crippen LogP contribution in [0.2, 0.25) is 0 Å². The number of nitrogens with zero attached hydrogens (tertiary/aromatic N) is 2. The molecule has 0 bridgehead atoms. The van der Waals surface area contributed by atoms with E-state index in [1.54, 1.807) is 12.1 Å². The van der Waals surface area contributed by atoms with Crippen molar-refractivity contribution in [1.82, 2.24) is 4.90 Å². The lowest BCUT2D eigenvalue weighted by Gasteiger charge is -2.36. The molecule has 1 aliphatic heterocycles. The Kier molecular flexibility index (Phi) is 6.37. The number of rotatable bonds is 3. The minimum Gasteiger partial charge on any atom is -0.367 e.